The quantitative estimate of drug-likeness (QED) is 0.0385. The molecule has 4 saturated heterocycles. The SMILES string of the molecule is C.CCl.CCl.CCl.CCl.CCl.CCl.CCl.CCl.CCl.CCl.CCl.CO[C@H]1OC(CCNCCN)[C@@H](O[C@H]2OC(CO)[C@@H](OC)[C@H](O)[C@H]2O)[C@H](O)[C@H]1O.CO[C@H]1OC(COS(=O)(=O)c2ccc(C)cc2)[C@@H](O[C@H]2OC(CO)[C@@H](OC)[C@H](O)[C@H]2O)[C@H](O)[C@H]1O.CP=S.NCCN. The fraction of sp³-hybridized carbons (Fsp3) is 0.887. The molecule has 1 aromatic rings. The van der Waals surface area contributed by atoms with Gasteiger partial charge in [0.25, 0.3) is 10.1 Å². The predicted octanol–water partition coefficient (Wildman–Crippen LogP) is 3.46. The van der Waals surface area contributed by atoms with E-state index in [9.17, 15) is 59.5 Å². The normalized spacial score (nSPS) is 28.9. The maximum atomic E-state index is 12.6. The number of aryl methyl sites for hydroxylation is 1. The van der Waals surface area contributed by atoms with E-state index in [1.165, 1.54) is 111 Å². The third kappa shape index (κ3) is 47.3. The van der Waals surface area contributed by atoms with Gasteiger partial charge in [0.05, 0.1) is 30.8 Å². The zero-order valence-corrected chi connectivity index (χ0v) is 66.5. The Balaban J connectivity index is -0.000000117. The van der Waals surface area contributed by atoms with Crippen molar-refractivity contribution >= 4 is 157 Å². The number of nitrogens with two attached hydrogens (primary N) is 3. The summed E-state index contributed by atoms with van der Waals surface area (Å²) in [5.41, 5.74) is 16.1. The highest BCUT2D eigenvalue weighted by Crippen LogP contribution is 2.33. The molecular formula is C53H114Cl11N4O23PS2. The zero-order chi connectivity index (χ0) is 75.6. The summed E-state index contributed by atoms with van der Waals surface area (Å²) < 4.78 is 84.3. The van der Waals surface area contributed by atoms with Gasteiger partial charge in [0.15, 0.2) is 25.2 Å². The Morgan fingerprint density at radius 1 is 0.468 bits per heavy atom. The smallest absolute Gasteiger partial charge is 0.297 e. The van der Waals surface area contributed by atoms with Crippen LogP contribution in [0.3, 0.4) is 0 Å². The summed E-state index contributed by atoms with van der Waals surface area (Å²) in [5, 5.41) is 105. The summed E-state index contributed by atoms with van der Waals surface area (Å²) >= 11 is 55.4. The Hall–Kier alpha value is 1.88. The number of rotatable bonds is 20. The van der Waals surface area contributed by atoms with Crippen LogP contribution in [0, 0.1) is 6.92 Å². The van der Waals surface area contributed by atoms with Crippen molar-refractivity contribution in [2.75, 3.05) is 158 Å². The van der Waals surface area contributed by atoms with Crippen LogP contribution in [0.4, 0.5) is 0 Å². The first-order valence-corrected chi connectivity index (χ1v) is 38.7. The third-order valence-corrected chi connectivity index (χ3v) is 12.6. The van der Waals surface area contributed by atoms with E-state index in [0.29, 0.717) is 39.1 Å². The first-order valence-electron chi connectivity index (χ1n) is 26.6. The molecule has 0 bridgehead atoms. The molecule has 27 nitrogen and oxygen atoms in total. The molecule has 1 aromatic carbocycles. The van der Waals surface area contributed by atoms with Gasteiger partial charge in [-0.1, -0.05) is 36.9 Å². The van der Waals surface area contributed by atoms with Crippen LogP contribution in [-0.2, 0) is 73.5 Å². The van der Waals surface area contributed by atoms with Crippen LogP contribution < -0.4 is 22.5 Å². The molecule has 0 radical (unpaired) electrons. The highest BCUT2D eigenvalue weighted by Gasteiger charge is 2.53. The molecule has 5 rings (SSSR count). The van der Waals surface area contributed by atoms with Crippen molar-refractivity contribution in [1.29, 1.82) is 0 Å². The second kappa shape index (κ2) is 83.8. The number of aliphatic hydroxyl groups excluding tert-OH is 10. The number of aliphatic hydroxyl groups is 10. The maximum absolute atomic E-state index is 12.6. The van der Waals surface area contributed by atoms with Gasteiger partial charge in [-0.2, -0.15) is 8.42 Å². The molecule has 0 spiro atoms. The Morgan fingerprint density at radius 3 is 1.04 bits per heavy atom. The van der Waals surface area contributed by atoms with Crippen molar-refractivity contribution in [3.63, 3.8) is 0 Å². The molecule has 4 heterocycles. The fourth-order valence-electron chi connectivity index (χ4n) is 7.53. The van der Waals surface area contributed by atoms with Crippen LogP contribution in [0.25, 0.3) is 0 Å². The van der Waals surface area contributed by atoms with Crippen molar-refractivity contribution < 1.29 is 111 Å². The number of methoxy groups -OCH3 is 4. The summed E-state index contributed by atoms with van der Waals surface area (Å²) in [5.74, 6) is 0. The van der Waals surface area contributed by atoms with E-state index in [1.807, 2.05) is 6.66 Å². The van der Waals surface area contributed by atoms with Gasteiger partial charge in [0.2, 0.25) is 0 Å². The lowest BCUT2D eigenvalue weighted by Crippen LogP contribution is -2.65. The molecule has 0 aromatic heterocycles. The maximum Gasteiger partial charge on any atom is 0.297 e. The Kier molecular flexibility index (Phi) is 107. The van der Waals surface area contributed by atoms with Crippen molar-refractivity contribution in [3.05, 3.63) is 29.8 Å². The van der Waals surface area contributed by atoms with Crippen molar-refractivity contribution in [2.24, 2.45) is 17.2 Å². The minimum Gasteiger partial charge on any atom is -0.394 e. The van der Waals surface area contributed by atoms with Crippen LogP contribution in [0.1, 0.15) is 19.4 Å². The van der Waals surface area contributed by atoms with Gasteiger partial charge < -0.3 is 121 Å². The van der Waals surface area contributed by atoms with E-state index in [2.05, 4.69) is 145 Å². The summed E-state index contributed by atoms with van der Waals surface area (Å²) in [4.78, 5) is -0.106. The number of hydrogen-bond acceptors (Lipinski definition) is 28. The number of alkyl halides is 11. The van der Waals surface area contributed by atoms with Crippen LogP contribution in [0.5, 0.6) is 0 Å². The van der Waals surface area contributed by atoms with E-state index < -0.39 is 153 Å². The molecule has 20 atom stereocenters. The van der Waals surface area contributed by atoms with Crippen LogP contribution in [0.2, 0.25) is 0 Å². The number of nitrogens with one attached hydrogen (secondary N) is 1. The molecular weight excluding hydrogens is 1550 g/mol. The van der Waals surface area contributed by atoms with Gasteiger partial charge in [-0.15, -0.1) is 128 Å². The average Bonchev–Trinajstić information content (AvgIpc) is 0.812. The van der Waals surface area contributed by atoms with Gasteiger partial charge in [-0.05, 0) is 46.0 Å². The molecule has 94 heavy (non-hydrogen) atoms. The zero-order valence-electron chi connectivity index (χ0n) is 55.7. The van der Waals surface area contributed by atoms with E-state index in [1.54, 1.807) is 19.1 Å². The molecule has 578 valence electrons. The third-order valence-electron chi connectivity index (χ3n) is 11.3. The molecule has 4 aliphatic heterocycles. The standard InChI is InChI=1S/C21H32O13S.C17H34N2O10.C2H8N2.11CH3Cl.CH3PS.CH4/c1-10-4-6-11(7-5-10)35(27,28)31-9-13-19(15(24)16(25)20(30-3)33-13)34-21-17(26)14(23)18(29-2)12(8-22)32-21;1-25-14-9(7-20)28-17(13(24)10(14)21)29-15-8(3-5-19-6-4-18)27-16(26-2)12(23)11(15)22;3-1-2-4;11*1-2;1-2-3;/h4-7,12-26H,8-9H2,1-3H3;8-17,19-24H,3-7,18H2,1-2H3;1-4H2;11*1H3;1H3;1H4/t12?,13?,14-,15-,16-,17-,18-,19-,20+,21-;8?,9?,10-,11-,12-,13-,14-,15-,16+,17-;;;;;;;;;;;;;;/m11............../s1. The van der Waals surface area contributed by atoms with Crippen molar-refractivity contribution in [3.8, 4) is 0 Å². The van der Waals surface area contributed by atoms with Crippen LogP contribution in [0.15, 0.2) is 29.2 Å². The lowest BCUT2D eigenvalue weighted by atomic mass is 9.95. The first-order chi connectivity index (χ1) is 44.7. The van der Waals surface area contributed by atoms with Gasteiger partial charge in [-0.3, -0.25) is 4.18 Å². The summed E-state index contributed by atoms with van der Waals surface area (Å²) in [6.07, 6.45) is -9.70. The van der Waals surface area contributed by atoms with Crippen LogP contribution >= 0.6 is 135 Å². The first kappa shape index (κ1) is 120. The van der Waals surface area contributed by atoms with E-state index >= 15 is 0 Å². The molecule has 17 N–H and O–H groups in total. The summed E-state index contributed by atoms with van der Waals surface area (Å²) in [6.45, 7) is 4.72. The molecule has 0 saturated carbocycles. The highest BCUT2D eigenvalue weighted by atomic mass is 35.5. The van der Waals surface area contributed by atoms with Crippen LogP contribution in [-0.4, -0.2) is 340 Å². The average molecular weight is 1660 g/mol. The number of benzene rings is 1. The number of halogens is 11. The Morgan fingerprint density at radius 2 is 0.755 bits per heavy atom. The lowest BCUT2D eigenvalue weighted by Gasteiger charge is -2.46. The van der Waals surface area contributed by atoms with E-state index in [0.717, 1.165) is 12.9 Å². The highest BCUT2D eigenvalue weighted by molar-refractivity contribution is 7.96. The second-order valence-electron chi connectivity index (χ2n) is 16.2. The molecule has 4 unspecified atom stereocenters. The minimum atomic E-state index is -4.22. The van der Waals surface area contributed by atoms with Gasteiger partial charge in [-0.25, -0.2) is 0 Å². The Labute approximate surface area is 622 Å². The molecule has 0 aliphatic carbocycles. The fourth-order valence-corrected chi connectivity index (χ4v) is 8.45. The topological polar surface area (TPSA) is 428 Å². The molecule has 0 amide bonds. The van der Waals surface area contributed by atoms with Gasteiger partial charge >= 0.3 is 0 Å². The monoisotopic (exact) mass is 1650 g/mol. The lowest BCUT2D eigenvalue weighted by molar-refractivity contribution is -0.357. The molecule has 4 aliphatic rings. The summed E-state index contributed by atoms with van der Waals surface area (Å²) in [7, 11) is 1.91. The largest absolute Gasteiger partial charge is 0.394 e. The van der Waals surface area contributed by atoms with Gasteiger partial charge in [0, 0.05) is 125 Å². The summed E-state index contributed by atoms with van der Waals surface area (Å²) in [6, 6.07) is 5.92. The number of hydrogen-bond donors (Lipinski definition) is 14. The molecule has 41 heteroatoms. The second-order valence-corrected chi connectivity index (χ2v) is 19.2. The minimum absolute atomic E-state index is 0. The predicted molar refractivity (Wildman–Crippen MR) is 388 cm³/mol. The van der Waals surface area contributed by atoms with Crippen molar-refractivity contribution in [1.82, 2.24) is 5.32 Å². The van der Waals surface area contributed by atoms with Gasteiger partial charge in [0.1, 0.15) is 91.6 Å². The van der Waals surface area contributed by atoms with E-state index in [-0.39, 0.29) is 12.3 Å². The van der Waals surface area contributed by atoms with E-state index in [4.69, 9.17) is 68.8 Å². The van der Waals surface area contributed by atoms with Crippen molar-refractivity contribution in [2.45, 2.75) is 148 Å². The molecule has 4 fully saturated rings. The number of ether oxygens (including phenoxy) is 10. The Bertz CT molecular complexity index is 1760.